The van der Waals surface area contributed by atoms with Crippen LogP contribution in [0.3, 0.4) is 0 Å². The molecular weight excluding hydrogens is 162 g/mol. The standard InChI is InChI=1S/C8H6F2N2/c9-8(10)6-2-1-5-12-7(6)3-4-11/h1-2,5,8H,3H2. The Labute approximate surface area is 68.5 Å². The minimum atomic E-state index is -2.55. The van der Waals surface area contributed by atoms with Crippen LogP contribution in [-0.2, 0) is 6.42 Å². The van der Waals surface area contributed by atoms with E-state index in [1.165, 1.54) is 18.3 Å². The predicted octanol–water partition coefficient (Wildman–Crippen LogP) is 2.09. The molecule has 2 nitrogen and oxygen atoms in total. The van der Waals surface area contributed by atoms with Crippen molar-refractivity contribution < 1.29 is 8.78 Å². The van der Waals surface area contributed by atoms with Gasteiger partial charge in [0.25, 0.3) is 6.43 Å². The summed E-state index contributed by atoms with van der Waals surface area (Å²) in [5.41, 5.74) is 0.00838. The quantitative estimate of drug-likeness (QED) is 0.677. The second kappa shape index (κ2) is 3.77. The fraction of sp³-hybridized carbons (Fsp3) is 0.250. The first-order chi connectivity index (χ1) is 5.75. The summed E-state index contributed by atoms with van der Waals surface area (Å²) < 4.78 is 24.4. The van der Waals surface area contributed by atoms with Gasteiger partial charge in [-0.3, -0.25) is 4.98 Å². The summed E-state index contributed by atoms with van der Waals surface area (Å²) in [4.78, 5) is 3.69. The maximum absolute atomic E-state index is 12.2. The van der Waals surface area contributed by atoms with Crippen molar-refractivity contribution in [2.75, 3.05) is 0 Å². The lowest BCUT2D eigenvalue weighted by atomic mass is 10.1. The Balaban J connectivity index is 3.02. The predicted molar refractivity (Wildman–Crippen MR) is 38.5 cm³/mol. The third kappa shape index (κ3) is 1.76. The van der Waals surface area contributed by atoms with E-state index in [1.807, 2.05) is 0 Å². The Kier molecular flexibility index (Phi) is 2.70. The van der Waals surface area contributed by atoms with E-state index in [9.17, 15) is 8.78 Å². The van der Waals surface area contributed by atoms with Gasteiger partial charge in [0.05, 0.1) is 18.2 Å². The fourth-order valence-electron chi connectivity index (χ4n) is 0.872. The lowest BCUT2D eigenvalue weighted by molar-refractivity contribution is 0.150. The molecule has 0 fully saturated rings. The third-order valence-corrected chi connectivity index (χ3v) is 1.41. The van der Waals surface area contributed by atoms with Crippen LogP contribution in [-0.4, -0.2) is 4.98 Å². The fourth-order valence-corrected chi connectivity index (χ4v) is 0.872. The van der Waals surface area contributed by atoms with Crippen molar-refractivity contribution in [1.29, 1.82) is 5.26 Å². The SMILES string of the molecule is N#CCc1ncccc1C(F)F. The molecule has 0 aliphatic heterocycles. The highest BCUT2D eigenvalue weighted by Gasteiger charge is 2.12. The van der Waals surface area contributed by atoms with Crippen LogP contribution in [0.4, 0.5) is 8.78 Å². The number of alkyl halides is 2. The van der Waals surface area contributed by atoms with Gasteiger partial charge in [0.2, 0.25) is 0 Å². The molecule has 1 heterocycles. The molecule has 0 saturated carbocycles. The van der Waals surface area contributed by atoms with Gasteiger partial charge in [-0.25, -0.2) is 8.78 Å². The van der Waals surface area contributed by atoms with Crippen LogP contribution < -0.4 is 0 Å². The first kappa shape index (κ1) is 8.60. The molecule has 0 N–H and O–H groups in total. The number of aromatic nitrogens is 1. The van der Waals surface area contributed by atoms with E-state index < -0.39 is 6.43 Å². The van der Waals surface area contributed by atoms with Gasteiger partial charge in [0.15, 0.2) is 0 Å². The third-order valence-electron chi connectivity index (χ3n) is 1.41. The van der Waals surface area contributed by atoms with E-state index in [0.29, 0.717) is 0 Å². The van der Waals surface area contributed by atoms with E-state index in [4.69, 9.17) is 5.26 Å². The Bertz CT molecular complexity index is 304. The van der Waals surface area contributed by atoms with Crippen LogP contribution in [0.2, 0.25) is 0 Å². The highest BCUT2D eigenvalue weighted by atomic mass is 19.3. The van der Waals surface area contributed by atoms with E-state index in [-0.39, 0.29) is 17.7 Å². The lowest BCUT2D eigenvalue weighted by Crippen LogP contribution is -1.96. The molecule has 0 radical (unpaired) electrons. The van der Waals surface area contributed by atoms with Crippen molar-refractivity contribution in [3.8, 4) is 6.07 Å². The van der Waals surface area contributed by atoms with Crippen molar-refractivity contribution in [1.82, 2.24) is 4.98 Å². The number of pyridine rings is 1. The van der Waals surface area contributed by atoms with Gasteiger partial charge in [-0.2, -0.15) is 5.26 Å². The van der Waals surface area contributed by atoms with Crippen molar-refractivity contribution in [3.63, 3.8) is 0 Å². The van der Waals surface area contributed by atoms with Crippen molar-refractivity contribution in [2.45, 2.75) is 12.8 Å². The van der Waals surface area contributed by atoms with Gasteiger partial charge in [0, 0.05) is 11.8 Å². The summed E-state index contributed by atoms with van der Waals surface area (Å²) in [7, 11) is 0. The minimum absolute atomic E-state index is 0.0689. The molecule has 0 aromatic carbocycles. The van der Waals surface area contributed by atoms with E-state index in [0.717, 1.165) is 0 Å². The van der Waals surface area contributed by atoms with Gasteiger partial charge in [-0.1, -0.05) is 0 Å². The molecule has 12 heavy (non-hydrogen) atoms. The zero-order chi connectivity index (χ0) is 8.97. The molecule has 0 amide bonds. The van der Waals surface area contributed by atoms with Crippen LogP contribution in [0.5, 0.6) is 0 Å². The highest BCUT2D eigenvalue weighted by Crippen LogP contribution is 2.20. The first-order valence-electron chi connectivity index (χ1n) is 3.34. The molecule has 0 saturated heterocycles. The number of rotatable bonds is 2. The molecule has 1 aromatic rings. The molecule has 0 aliphatic rings. The maximum atomic E-state index is 12.2. The lowest BCUT2D eigenvalue weighted by Gasteiger charge is -2.02. The molecule has 1 aromatic heterocycles. The number of nitriles is 1. The van der Waals surface area contributed by atoms with Gasteiger partial charge in [0.1, 0.15) is 0 Å². The number of hydrogen-bond acceptors (Lipinski definition) is 2. The second-order valence-electron chi connectivity index (χ2n) is 2.17. The molecule has 0 unspecified atom stereocenters. The summed E-state index contributed by atoms with van der Waals surface area (Å²) in [6.07, 6.45) is -1.22. The van der Waals surface area contributed by atoms with Crippen molar-refractivity contribution >= 4 is 0 Å². The maximum Gasteiger partial charge on any atom is 0.265 e. The molecule has 62 valence electrons. The Morgan fingerprint density at radius 3 is 2.92 bits per heavy atom. The zero-order valence-corrected chi connectivity index (χ0v) is 6.17. The smallest absolute Gasteiger partial charge is 0.260 e. The van der Waals surface area contributed by atoms with Gasteiger partial charge >= 0.3 is 0 Å². The van der Waals surface area contributed by atoms with Crippen LogP contribution in [0, 0.1) is 11.3 Å². The Hall–Kier alpha value is -1.50. The van der Waals surface area contributed by atoms with Crippen LogP contribution in [0.15, 0.2) is 18.3 Å². The van der Waals surface area contributed by atoms with Crippen LogP contribution in [0.25, 0.3) is 0 Å². The minimum Gasteiger partial charge on any atom is -0.260 e. The molecule has 0 atom stereocenters. The highest BCUT2D eigenvalue weighted by molar-refractivity contribution is 5.23. The summed E-state index contributed by atoms with van der Waals surface area (Å²) in [5.74, 6) is 0. The summed E-state index contributed by atoms with van der Waals surface area (Å²) in [6.45, 7) is 0. The van der Waals surface area contributed by atoms with Crippen LogP contribution in [0.1, 0.15) is 17.7 Å². The number of nitrogens with zero attached hydrogens (tertiary/aromatic N) is 2. The van der Waals surface area contributed by atoms with E-state index in [1.54, 1.807) is 6.07 Å². The second-order valence-corrected chi connectivity index (χ2v) is 2.17. The number of hydrogen-bond donors (Lipinski definition) is 0. The largest absolute Gasteiger partial charge is 0.265 e. The molecule has 0 aliphatic carbocycles. The summed E-state index contributed by atoms with van der Waals surface area (Å²) in [5, 5.41) is 8.29. The Morgan fingerprint density at radius 2 is 2.33 bits per heavy atom. The van der Waals surface area contributed by atoms with Gasteiger partial charge in [-0.05, 0) is 12.1 Å². The molecule has 4 heteroatoms. The summed E-state index contributed by atoms with van der Waals surface area (Å²) in [6, 6.07) is 4.50. The van der Waals surface area contributed by atoms with Gasteiger partial charge < -0.3 is 0 Å². The molecule has 0 bridgehead atoms. The van der Waals surface area contributed by atoms with Crippen molar-refractivity contribution in [3.05, 3.63) is 29.6 Å². The monoisotopic (exact) mass is 168 g/mol. The average Bonchev–Trinajstić information content (AvgIpc) is 2.05. The zero-order valence-electron chi connectivity index (χ0n) is 6.17. The molecule has 1 rings (SSSR count). The summed E-state index contributed by atoms with van der Waals surface area (Å²) >= 11 is 0. The molecular formula is C8H6F2N2. The van der Waals surface area contributed by atoms with Crippen LogP contribution >= 0.6 is 0 Å². The van der Waals surface area contributed by atoms with E-state index >= 15 is 0 Å². The topological polar surface area (TPSA) is 36.7 Å². The van der Waals surface area contributed by atoms with Gasteiger partial charge in [-0.15, -0.1) is 0 Å². The number of halogens is 2. The normalized spacial score (nSPS) is 9.83. The van der Waals surface area contributed by atoms with E-state index in [2.05, 4.69) is 4.98 Å². The first-order valence-corrected chi connectivity index (χ1v) is 3.34. The molecule has 0 spiro atoms. The average molecular weight is 168 g/mol. The Morgan fingerprint density at radius 1 is 1.58 bits per heavy atom. The van der Waals surface area contributed by atoms with Crippen molar-refractivity contribution in [2.24, 2.45) is 0 Å².